The number of nitrogens with one attached hydrogen (secondary N) is 1. The van der Waals surface area contributed by atoms with Gasteiger partial charge in [-0.1, -0.05) is 31.3 Å². The van der Waals surface area contributed by atoms with Gasteiger partial charge >= 0.3 is 0 Å². The molecule has 4 heteroatoms. The van der Waals surface area contributed by atoms with Gasteiger partial charge in [0.05, 0.1) is 5.69 Å². The molecule has 1 N–H and O–H groups in total. The van der Waals surface area contributed by atoms with Gasteiger partial charge in [0.15, 0.2) is 5.76 Å². The van der Waals surface area contributed by atoms with Gasteiger partial charge in [0.25, 0.3) is 0 Å². The van der Waals surface area contributed by atoms with Crippen molar-refractivity contribution in [3.63, 3.8) is 0 Å². The molecule has 0 aromatic carbocycles. The van der Waals surface area contributed by atoms with Gasteiger partial charge in [-0.3, -0.25) is 0 Å². The summed E-state index contributed by atoms with van der Waals surface area (Å²) < 4.78 is 11.0. The highest BCUT2D eigenvalue weighted by Gasteiger charge is 2.13. The number of hydrogen-bond acceptors (Lipinski definition) is 4. The molecule has 0 spiro atoms. The molecule has 1 fully saturated rings. The van der Waals surface area contributed by atoms with Crippen LogP contribution in [0.3, 0.4) is 0 Å². The summed E-state index contributed by atoms with van der Waals surface area (Å²) >= 11 is 0. The van der Waals surface area contributed by atoms with Crippen LogP contribution in [-0.2, 0) is 17.9 Å². The molecule has 18 heavy (non-hydrogen) atoms. The fraction of sp³-hybridized carbons (Fsp3) is 0.786. The monoisotopic (exact) mass is 252 g/mol. The van der Waals surface area contributed by atoms with Crippen LogP contribution in [0.5, 0.6) is 0 Å². The predicted octanol–water partition coefficient (Wildman–Crippen LogP) is 2.88. The molecule has 0 amide bonds. The van der Waals surface area contributed by atoms with E-state index in [2.05, 4.69) is 17.4 Å². The van der Waals surface area contributed by atoms with Crippen molar-refractivity contribution < 1.29 is 9.26 Å². The Morgan fingerprint density at radius 1 is 1.39 bits per heavy atom. The first-order valence-corrected chi connectivity index (χ1v) is 7.11. The Hall–Kier alpha value is -0.870. The molecule has 1 saturated carbocycles. The van der Waals surface area contributed by atoms with Crippen LogP contribution in [0.1, 0.15) is 50.5 Å². The molecule has 1 heterocycles. The minimum Gasteiger partial charge on any atom is -0.373 e. The lowest BCUT2D eigenvalue weighted by atomic mass is 9.90. The van der Waals surface area contributed by atoms with Crippen molar-refractivity contribution in [3.8, 4) is 0 Å². The quantitative estimate of drug-likeness (QED) is 0.810. The van der Waals surface area contributed by atoms with Gasteiger partial charge in [-0.05, 0) is 25.3 Å². The molecule has 1 aliphatic carbocycles. The standard InChI is InChI=1S/C14H24N2O2/c1-2-15-9-13-8-14(18-16-13)11-17-10-12-6-4-3-5-7-12/h8,12,15H,2-7,9-11H2,1H3. The molecule has 102 valence electrons. The van der Waals surface area contributed by atoms with Crippen molar-refractivity contribution in [2.75, 3.05) is 13.2 Å². The molecule has 0 aliphatic heterocycles. The van der Waals surface area contributed by atoms with E-state index in [1.54, 1.807) is 0 Å². The van der Waals surface area contributed by atoms with Crippen LogP contribution in [-0.4, -0.2) is 18.3 Å². The number of rotatable bonds is 7. The maximum absolute atomic E-state index is 5.72. The van der Waals surface area contributed by atoms with Gasteiger partial charge in [0.2, 0.25) is 0 Å². The third-order valence-electron chi connectivity index (χ3n) is 3.49. The van der Waals surface area contributed by atoms with Crippen LogP contribution in [0.2, 0.25) is 0 Å². The number of ether oxygens (including phenoxy) is 1. The topological polar surface area (TPSA) is 47.3 Å². The lowest BCUT2D eigenvalue weighted by Gasteiger charge is -2.20. The van der Waals surface area contributed by atoms with Crippen molar-refractivity contribution in [1.82, 2.24) is 10.5 Å². The van der Waals surface area contributed by atoms with Crippen molar-refractivity contribution in [2.45, 2.75) is 52.2 Å². The zero-order valence-electron chi connectivity index (χ0n) is 11.3. The molecule has 1 aliphatic rings. The lowest BCUT2D eigenvalue weighted by Crippen LogP contribution is -2.13. The van der Waals surface area contributed by atoms with Crippen molar-refractivity contribution >= 4 is 0 Å². The molecule has 0 atom stereocenters. The second-order valence-electron chi connectivity index (χ2n) is 5.08. The second kappa shape index (κ2) is 7.54. The zero-order valence-corrected chi connectivity index (χ0v) is 11.3. The fourth-order valence-electron chi connectivity index (χ4n) is 2.44. The Balaban J connectivity index is 1.64. The molecular formula is C14H24N2O2. The third kappa shape index (κ3) is 4.42. The van der Waals surface area contributed by atoms with E-state index in [-0.39, 0.29) is 0 Å². The van der Waals surface area contributed by atoms with Crippen LogP contribution in [0.15, 0.2) is 10.6 Å². The highest BCUT2D eigenvalue weighted by atomic mass is 16.5. The summed E-state index contributed by atoms with van der Waals surface area (Å²) in [7, 11) is 0. The van der Waals surface area contributed by atoms with Crippen LogP contribution >= 0.6 is 0 Å². The number of nitrogens with zero attached hydrogens (tertiary/aromatic N) is 1. The molecule has 4 nitrogen and oxygen atoms in total. The van der Waals surface area contributed by atoms with Gasteiger partial charge in [-0.2, -0.15) is 0 Å². The van der Waals surface area contributed by atoms with Crippen LogP contribution < -0.4 is 5.32 Å². The molecular weight excluding hydrogens is 228 g/mol. The normalized spacial score (nSPS) is 17.2. The van der Waals surface area contributed by atoms with E-state index in [0.29, 0.717) is 6.61 Å². The third-order valence-corrected chi connectivity index (χ3v) is 3.49. The minimum atomic E-state index is 0.551. The molecule has 0 radical (unpaired) electrons. The first-order valence-electron chi connectivity index (χ1n) is 7.11. The SMILES string of the molecule is CCNCc1cc(COCC2CCCCC2)on1. The van der Waals surface area contributed by atoms with E-state index in [1.807, 2.05) is 6.07 Å². The van der Waals surface area contributed by atoms with E-state index in [9.17, 15) is 0 Å². The summed E-state index contributed by atoms with van der Waals surface area (Å²) in [5.74, 6) is 1.58. The number of aromatic nitrogens is 1. The van der Waals surface area contributed by atoms with Gasteiger partial charge in [0.1, 0.15) is 6.61 Å². The largest absolute Gasteiger partial charge is 0.373 e. The smallest absolute Gasteiger partial charge is 0.162 e. The van der Waals surface area contributed by atoms with E-state index in [4.69, 9.17) is 9.26 Å². The van der Waals surface area contributed by atoms with Gasteiger partial charge in [-0.15, -0.1) is 0 Å². The predicted molar refractivity (Wildman–Crippen MR) is 70.1 cm³/mol. The highest BCUT2D eigenvalue weighted by Crippen LogP contribution is 2.23. The maximum atomic E-state index is 5.72. The molecule has 0 bridgehead atoms. The molecule has 1 aromatic heterocycles. The zero-order chi connectivity index (χ0) is 12.6. The lowest BCUT2D eigenvalue weighted by molar-refractivity contribution is 0.0606. The Morgan fingerprint density at radius 3 is 3.00 bits per heavy atom. The summed E-state index contributed by atoms with van der Waals surface area (Å²) in [6.07, 6.45) is 6.77. The van der Waals surface area contributed by atoms with Gasteiger partial charge < -0.3 is 14.6 Å². The summed E-state index contributed by atoms with van der Waals surface area (Å²) in [6.45, 7) is 5.20. The van der Waals surface area contributed by atoms with Gasteiger partial charge in [0, 0.05) is 19.2 Å². The summed E-state index contributed by atoms with van der Waals surface area (Å²) in [6, 6.07) is 1.98. The summed E-state index contributed by atoms with van der Waals surface area (Å²) in [4.78, 5) is 0. The second-order valence-corrected chi connectivity index (χ2v) is 5.08. The fourth-order valence-corrected chi connectivity index (χ4v) is 2.44. The minimum absolute atomic E-state index is 0.551. The Morgan fingerprint density at radius 2 is 2.22 bits per heavy atom. The van der Waals surface area contributed by atoms with Crippen molar-refractivity contribution in [2.24, 2.45) is 5.92 Å². The summed E-state index contributed by atoms with van der Waals surface area (Å²) in [5.41, 5.74) is 0.952. The van der Waals surface area contributed by atoms with Crippen molar-refractivity contribution in [1.29, 1.82) is 0 Å². The van der Waals surface area contributed by atoms with E-state index in [0.717, 1.165) is 37.1 Å². The van der Waals surface area contributed by atoms with E-state index < -0.39 is 0 Å². The first-order chi connectivity index (χ1) is 8.88. The van der Waals surface area contributed by atoms with E-state index >= 15 is 0 Å². The highest BCUT2D eigenvalue weighted by molar-refractivity contribution is 5.04. The Bertz CT molecular complexity index is 332. The van der Waals surface area contributed by atoms with Crippen LogP contribution in [0, 0.1) is 5.92 Å². The molecule has 2 rings (SSSR count). The maximum Gasteiger partial charge on any atom is 0.162 e. The first kappa shape index (κ1) is 13.6. The Labute approximate surface area is 109 Å². The van der Waals surface area contributed by atoms with Crippen LogP contribution in [0.4, 0.5) is 0 Å². The van der Waals surface area contributed by atoms with Gasteiger partial charge in [-0.25, -0.2) is 0 Å². The average molecular weight is 252 g/mol. The molecule has 1 aromatic rings. The van der Waals surface area contributed by atoms with Crippen LogP contribution in [0.25, 0.3) is 0 Å². The Kier molecular flexibility index (Phi) is 5.68. The van der Waals surface area contributed by atoms with Crippen molar-refractivity contribution in [3.05, 3.63) is 17.5 Å². The molecule has 0 saturated heterocycles. The summed E-state index contributed by atoms with van der Waals surface area (Å²) in [5, 5.41) is 7.22. The van der Waals surface area contributed by atoms with E-state index in [1.165, 1.54) is 32.1 Å². The average Bonchev–Trinajstić information content (AvgIpc) is 2.85. The molecule has 0 unspecified atom stereocenters. The number of hydrogen-bond donors (Lipinski definition) is 1.